The quantitative estimate of drug-likeness (QED) is 0.631. The Morgan fingerprint density at radius 1 is 1.12 bits per heavy atom. The Balaban J connectivity index is 1.95. The molecule has 1 fully saturated rings. The van der Waals surface area contributed by atoms with Crippen molar-refractivity contribution >= 4 is 34.3 Å². The topological polar surface area (TPSA) is 107 Å². The molecule has 2 heterocycles. The van der Waals surface area contributed by atoms with Gasteiger partial charge in [0, 0.05) is 13.1 Å². The summed E-state index contributed by atoms with van der Waals surface area (Å²) in [5.41, 5.74) is 2.40. The molecule has 3 rings (SSSR count). The number of carbonyl (C=O) groups is 2. The van der Waals surface area contributed by atoms with Crippen molar-refractivity contribution in [2.45, 2.75) is 19.3 Å². The predicted octanol–water partition coefficient (Wildman–Crippen LogP) is 1.85. The molecule has 1 aromatic carbocycles. The van der Waals surface area contributed by atoms with Crippen LogP contribution in [0, 0.1) is 0 Å². The van der Waals surface area contributed by atoms with Crippen LogP contribution in [0.5, 0.6) is 0 Å². The zero-order valence-corrected chi connectivity index (χ0v) is 14.7. The van der Waals surface area contributed by atoms with Gasteiger partial charge in [-0.05, 0) is 41.7 Å². The monoisotopic (exact) mass is 360 g/mol. The van der Waals surface area contributed by atoms with E-state index in [4.69, 9.17) is 9.37 Å². The fourth-order valence-corrected chi connectivity index (χ4v) is 2.92. The Hall–Kier alpha value is -3.10. The van der Waals surface area contributed by atoms with Gasteiger partial charge in [0.25, 0.3) is 0 Å². The fourth-order valence-electron chi connectivity index (χ4n) is 2.92. The molecule has 0 saturated carbocycles. The van der Waals surface area contributed by atoms with Crippen LogP contribution in [0.2, 0.25) is 0 Å². The van der Waals surface area contributed by atoms with E-state index in [1.807, 2.05) is 6.07 Å². The lowest BCUT2D eigenvalue weighted by Crippen LogP contribution is -2.29. The van der Waals surface area contributed by atoms with Crippen molar-refractivity contribution in [1.29, 1.82) is 0 Å². The van der Waals surface area contributed by atoms with Gasteiger partial charge >= 0.3 is 11.9 Å². The molecule has 0 aliphatic carbocycles. The summed E-state index contributed by atoms with van der Waals surface area (Å²) in [6, 6.07) is 3.66. The van der Waals surface area contributed by atoms with E-state index in [9.17, 15) is 9.59 Å². The maximum atomic E-state index is 11.9. The largest absolute Gasteiger partial charge is 0.466 e. The van der Waals surface area contributed by atoms with E-state index >= 15 is 0 Å². The van der Waals surface area contributed by atoms with Gasteiger partial charge in [-0.25, -0.2) is 14.2 Å². The van der Waals surface area contributed by atoms with Crippen LogP contribution in [0.3, 0.4) is 0 Å². The van der Waals surface area contributed by atoms with Crippen LogP contribution in [-0.2, 0) is 19.1 Å². The van der Waals surface area contributed by atoms with Gasteiger partial charge in [-0.3, -0.25) is 0 Å². The molecule has 0 bridgehead atoms. The third-order valence-electron chi connectivity index (χ3n) is 4.23. The van der Waals surface area contributed by atoms with E-state index in [1.54, 1.807) is 6.07 Å². The SMILES string of the molecule is COC(=O)/C=C(/Nc1ccc(N2CCCCC2)c2nonc12)C(=O)OC. The average molecular weight is 360 g/mol. The van der Waals surface area contributed by atoms with Crippen molar-refractivity contribution in [1.82, 2.24) is 10.3 Å². The Labute approximate surface area is 149 Å². The normalized spacial score (nSPS) is 15.0. The van der Waals surface area contributed by atoms with E-state index in [-0.39, 0.29) is 5.70 Å². The maximum Gasteiger partial charge on any atom is 0.354 e. The lowest BCUT2D eigenvalue weighted by Gasteiger charge is -2.28. The van der Waals surface area contributed by atoms with Gasteiger partial charge in [-0.15, -0.1) is 0 Å². The highest BCUT2D eigenvalue weighted by Crippen LogP contribution is 2.32. The molecule has 1 saturated heterocycles. The van der Waals surface area contributed by atoms with Crippen LogP contribution in [0.15, 0.2) is 28.5 Å². The van der Waals surface area contributed by atoms with Crippen molar-refractivity contribution in [2.75, 3.05) is 37.5 Å². The molecule has 0 radical (unpaired) electrons. The number of rotatable bonds is 5. The minimum Gasteiger partial charge on any atom is -0.466 e. The molecule has 9 nitrogen and oxygen atoms in total. The summed E-state index contributed by atoms with van der Waals surface area (Å²) >= 11 is 0. The summed E-state index contributed by atoms with van der Waals surface area (Å²) in [7, 11) is 2.45. The molecule has 0 spiro atoms. The van der Waals surface area contributed by atoms with Crippen molar-refractivity contribution < 1.29 is 23.7 Å². The van der Waals surface area contributed by atoms with Crippen molar-refractivity contribution in [3.63, 3.8) is 0 Å². The van der Waals surface area contributed by atoms with Crippen molar-refractivity contribution in [3.8, 4) is 0 Å². The first-order valence-corrected chi connectivity index (χ1v) is 8.29. The van der Waals surface area contributed by atoms with E-state index in [0.29, 0.717) is 16.7 Å². The van der Waals surface area contributed by atoms with Crippen LogP contribution in [-0.4, -0.2) is 49.6 Å². The Morgan fingerprint density at radius 2 is 1.85 bits per heavy atom. The van der Waals surface area contributed by atoms with Gasteiger partial charge < -0.3 is 19.7 Å². The number of nitrogens with zero attached hydrogens (tertiary/aromatic N) is 3. The second kappa shape index (κ2) is 7.85. The van der Waals surface area contributed by atoms with Crippen LogP contribution < -0.4 is 10.2 Å². The van der Waals surface area contributed by atoms with Crippen molar-refractivity contribution in [2.24, 2.45) is 0 Å². The third kappa shape index (κ3) is 3.61. The van der Waals surface area contributed by atoms with Crippen LogP contribution in [0.1, 0.15) is 19.3 Å². The maximum absolute atomic E-state index is 11.9. The number of ether oxygens (including phenoxy) is 2. The summed E-state index contributed by atoms with van der Waals surface area (Å²) < 4.78 is 14.2. The molecule has 0 amide bonds. The van der Waals surface area contributed by atoms with Crippen LogP contribution in [0.4, 0.5) is 11.4 Å². The summed E-state index contributed by atoms with van der Waals surface area (Å²) in [4.78, 5) is 25.7. The number of piperidine rings is 1. The molecule has 138 valence electrons. The highest BCUT2D eigenvalue weighted by atomic mass is 16.6. The summed E-state index contributed by atoms with van der Waals surface area (Å²) in [6.07, 6.45) is 4.49. The number of hydrogen-bond acceptors (Lipinski definition) is 9. The number of benzene rings is 1. The zero-order chi connectivity index (χ0) is 18.5. The second-order valence-electron chi connectivity index (χ2n) is 5.84. The summed E-state index contributed by atoms with van der Waals surface area (Å²) in [6.45, 7) is 1.90. The summed E-state index contributed by atoms with van der Waals surface area (Å²) in [5, 5.41) is 10.8. The lowest BCUT2D eigenvalue weighted by atomic mass is 10.1. The Bertz CT molecular complexity index is 839. The van der Waals surface area contributed by atoms with Crippen molar-refractivity contribution in [3.05, 3.63) is 23.9 Å². The highest BCUT2D eigenvalue weighted by Gasteiger charge is 2.20. The Morgan fingerprint density at radius 3 is 2.54 bits per heavy atom. The lowest BCUT2D eigenvalue weighted by molar-refractivity contribution is -0.138. The van der Waals surface area contributed by atoms with Gasteiger partial charge in [-0.1, -0.05) is 0 Å². The van der Waals surface area contributed by atoms with Gasteiger partial charge in [0.2, 0.25) is 0 Å². The number of fused-ring (bicyclic) bond motifs is 1. The summed E-state index contributed by atoms with van der Waals surface area (Å²) in [5.74, 6) is -1.39. The first-order valence-electron chi connectivity index (χ1n) is 8.29. The van der Waals surface area contributed by atoms with E-state index in [1.165, 1.54) is 20.6 Å². The molecule has 0 unspecified atom stereocenters. The first kappa shape index (κ1) is 17.7. The van der Waals surface area contributed by atoms with Gasteiger partial charge in [-0.2, -0.15) is 0 Å². The molecule has 0 atom stereocenters. The third-order valence-corrected chi connectivity index (χ3v) is 4.23. The zero-order valence-electron chi connectivity index (χ0n) is 14.7. The van der Waals surface area contributed by atoms with Crippen LogP contribution in [0.25, 0.3) is 11.0 Å². The van der Waals surface area contributed by atoms with Gasteiger partial charge in [0.05, 0.1) is 31.7 Å². The number of aromatic nitrogens is 2. The molecule has 1 N–H and O–H groups in total. The molecule has 1 aliphatic rings. The highest BCUT2D eigenvalue weighted by molar-refractivity contribution is 6.02. The number of carbonyl (C=O) groups excluding carboxylic acids is 2. The molecule has 2 aromatic rings. The number of anilines is 2. The molecular formula is C17H20N4O5. The average Bonchev–Trinajstić information content (AvgIpc) is 3.17. The second-order valence-corrected chi connectivity index (χ2v) is 5.84. The van der Waals surface area contributed by atoms with E-state index in [0.717, 1.165) is 37.7 Å². The smallest absolute Gasteiger partial charge is 0.354 e. The molecule has 1 aromatic heterocycles. The Kier molecular flexibility index (Phi) is 5.35. The van der Waals surface area contributed by atoms with Gasteiger partial charge in [0.15, 0.2) is 11.0 Å². The van der Waals surface area contributed by atoms with E-state index < -0.39 is 11.9 Å². The molecule has 26 heavy (non-hydrogen) atoms. The minimum atomic E-state index is -0.708. The number of esters is 2. The standard InChI is InChI=1S/C17H20N4O5/c1-24-14(22)10-12(17(23)25-2)18-11-6-7-13(16-15(11)19-26-20-16)21-8-4-3-5-9-21/h6-7,10,18H,3-5,8-9H2,1-2H3/b12-10+. The van der Waals surface area contributed by atoms with Crippen LogP contribution >= 0.6 is 0 Å². The first-order chi connectivity index (χ1) is 12.6. The number of methoxy groups -OCH3 is 2. The fraction of sp³-hybridized carbons (Fsp3) is 0.412. The molecular weight excluding hydrogens is 340 g/mol. The van der Waals surface area contributed by atoms with Gasteiger partial charge in [0.1, 0.15) is 5.70 Å². The van der Waals surface area contributed by atoms with E-state index in [2.05, 4.69) is 25.3 Å². The number of hydrogen-bond donors (Lipinski definition) is 1. The number of nitrogens with one attached hydrogen (secondary N) is 1. The molecule has 1 aliphatic heterocycles. The minimum absolute atomic E-state index is 0.0747. The predicted molar refractivity (Wildman–Crippen MR) is 93.6 cm³/mol. The molecule has 9 heteroatoms.